The van der Waals surface area contributed by atoms with Crippen LogP contribution in [0.4, 0.5) is 0 Å². The molecule has 0 fully saturated rings. The van der Waals surface area contributed by atoms with Gasteiger partial charge in [0, 0.05) is 34.7 Å². The molecule has 0 saturated heterocycles. The number of carbonyl (C=O) groups is 1. The highest BCUT2D eigenvalue weighted by Gasteiger charge is 2.28. The van der Waals surface area contributed by atoms with E-state index in [1.54, 1.807) is 25.4 Å². The van der Waals surface area contributed by atoms with Crippen molar-refractivity contribution in [1.29, 1.82) is 0 Å². The topological polar surface area (TPSA) is 63.6 Å². The van der Waals surface area contributed by atoms with Gasteiger partial charge >= 0.3 is 0 Å². The van der Waals surface area contributed by atoms with Gasteiger partial charge in [0.2, 0.25) is 0 Å². The third-order valence-corrected chi connectivity index (χ3v) is 4.74. The smallest absolute Gasteiger partial charge is 0.256 e. The zero-order valence-corrected chi connectivity index (χ0v) is 15.0. The zero-order valence-electron chi connectivity index (χ0n) is 11.8. The van der Waals surface area contributed by atoms with Crippen LogP contribution in [0, 0.1) is 0 Å². The Bertz CT molecular complexity index is 738. The maximum Gasteiger partial charge on any atom is 0.256 e. The minimum absolute atomic E-state index is 0.197. The summed E-state index contributed by atoms with van der Waals surface area (Å²) in [5.41, 5.74) is 2.47. The number of nitrogens with zero attached hydrogens (tertiary/aromatic N) is 2. The van der Waals surface area contributed by atoms with Crippen LogP contribution in [0.25, 0.3) is 0 Å². The second-order valence-electron chi connectivity index (χ2n) is 4.92. The number of allylic oxidation sites excluding steroid dienone is 3. The Morgan fingerprint density at radius 1 is 1.36 bits per heavy atom. The molecule has 1 N–H and O–H groups in total. The van der Waals surface area contributed by atoms with E-state index in [0.717, 1.165) is 34.4 Å². The molecule has 3 rings (SSSR count). The molecule has 0 radical (unpaired) electrons. The predicted molar refractivity (Wildman–Crippen MR) is 90.7 cm³/mol. The largest absolute Gasteiger partial charge is 0.501 e. The molecule has 7 heteroatoms. The van der Waals surface area contributed by atoms with Gasteiger partial charge in [-0.2, -0.15) is 0 Å². The number of amidine groups is 1. The van der Waals surface area contributed by atoms with Crippen molar-refractivity contribution in [2.45, 2.75) is 19.3 Å². The van der Waals surface area contributed by atoms with Gasteiger partial charge in [0.25, 0.3) is 5.91 Å². The van der Waals surface area contributed by atoms with Crippen LogP contribution in [0.2, 0.25) is 0 Å². The molecule has 0 aromatic carbocycles. The molecule has 0 atom stereocenters. The first-order chi connectivity index (χ1) is 10.6. The van der Waals surface area contributed by atoms with Gasteiger partial charge in [-0.25, -0.2) is 9.98 Å². The van der Waals surface area contributed by atoms with E-state index in [1.807, 2.05) is 0 Å². The summed E-state index contributed by atoms with van der Waals surface area (Å²) in [5, 5.41) is 2.86. The van der Waals surface area contributed by atoms with Crippen molar-refractivity contribution in [3.8, 4) is 0 Å². The number of carbonyl (C=O) groups excluding carboxylic acids is 1. The molecule has 0 spiro atoms. The first kappa shape index (κ1) is 15.4. The number of aliphatic imine (C=N–C) groups is 1. The molecule has 2 heterocycles. The van der Waals surface area contributed by atoms with E-state index < -0.39 is 0 Å². The summed E-state index contributed by atoms with van der Waals surface area (Å²) in [7, 11) is 1.67. The number of amides is 1. The first-order valence-electron chi connectivity index (χ1n) is 6.74. The van der Waals surface area contributed by atoms with Crippen LogP contribution >= 0.6 is 31.9 Å². The van der Waals surface area contributed by atoms with Gasteiger partial charge in [-0.05, 0) is 34.5 Å². The number of nitrogens with one attached hydrogen (secondary N) is 1. The molecule has 22 heavy (non-hydrogen) atoms. The Labute approximate surface area is 144 Å². The average Bonchev–Trinajstić information content (AvgIpc) is 2.92. The van der Waals surface area contributed by atoms with Gasteiger partial charge < -0.3 is 10.1 Å². The number of methoxy groups -OCH3 is 1. The highest BCUT2D eigenvalue weighted by Crippen LogP contribution is 2.39. The summed E-state index contributed by atoms with van der Waals surface area (Å²) in [5.74, 6) is 1.38. The number of hydrogen-bond acceptors (Lipinski definition) is 4. The summed E-state index contributed by atoms with van der Waals surface area (Å²) < 4.78 is 7.11. The quantitative estimate of drug-likeness (QED) is 0.733. The highest BCUT2D eigenvalue weighted by molar-refractivity contribution is 9.11. The van der Waals surface area contributed by atoms with Crippen molar-refractivity contribution in [2.75, 3.05) is 7.11 Å². The highest BCUT2D eigenvalue weighted by atomic mass is 79.9. The number of rotatable bonds is 2. The number of pyridine rings is 1. The molecular formula is C15H13Br2N3O2. The van der Waals surface area contributed by atoms with Crippen LogP contribution in [-0.2, 0) is 4.74 Å². The van der Waals surface area contributed by atoms with E-state index >= 15 is 0 Å². The van der Waals surface area contributed by atoms with Crippen molar-refractivity contribution >= 4 is 43.6 Å². The third-order valence-electron chi connectivity index (χ3n) is 3.53. The molecule has 114 valence electrons. The third kappa shape index (κ3) is 3.01. The molecule has 0 unspecified atom stereocenters. The lowest BCUT2D eigenvalue weighted by molar-refractivity contribution is 0.0976. The van der Waals surface area contributed by atoms with E-state index in [4.69, 9.17) is 4.74 Å². The van der Waals surface area contributed by atoms with Gasteiger partial charge in [0.15, 0.2) is 0 Å². The lowest BCUT2D eigenvalue weighted by atomic mass is 10.0. The number of fused-ring (bicyclic) bond motifs is 1. The van der Waals surface area contributed by atoms with Crippen LogP contribution in [0.5, 0.6) is 0 Å². The Kier molecular flexibility index (Phi) is 4.44. The summed E-state index contributed by atoms with van der Waals surface area (Å²) >= 11 is 6.81. The summed E-state index contributed by atoms with van der Waals surface area (Å²) in [6.07, 6.45) is 3.87. The molecule has 0 bridgehead atoms. The zero-order chi connectivity index (χ0) is 15.7. The second-order valence-corrected chi connectivity index (χ2v) is 6.69. The Morgan fingerprint density at radius 2 is 2.18 bits per heavy atom. The summed E-state index contributed by atoms with van der Waals surface area (Å²) in [6.45, 7) is 0. The maximum absolute atomic E-state index is 12.3. The molecule has 5 nitrogen and oxygen atoms in total. The molecule has 1 aromatic heterocycles. The van der Waals surface area contributed by atoms with E-state index in [0.29, 0.717) is 22.4 Å². The Balaban J connectivity index is 1.82. The normalized spacial score (nSPS) is 17.3. The van der Waals surface area contributed by atoms with Crippen molar-refractivity contribution in [3.05, 3.63) is 50.0 Å². The van der Waals surface area contributed by atoms with Crippen LogP contribution in [0.3, 0.4) is 0 Å². The van der Waals surface area contributed by atoms with Crippen LogP contribution in [0.1, 0.15) is 29.6 Å². The number of hydrogen-bond donors (Lipinski definition) is 1. The van der Waals surface area contributed by atoms with Gasteiger partial charge in [0.05, 0.1) is 12.8 Å². The molecule has 2 aliphatic rings. The number of aromatic nitrogens is 1. The standard InChI is InChI=1S/C15H13Br2N3O2/c1-22-11-3-2-10(16)14-9(11)7-13(19-14)20-15(21)8-4-5-18-12(17)6-8/h4-6H,2-3,7H2,1H3,(H,19,20,21). The van der Waals surface area contributed by atoms with Crippen molar-refractivity contribution in [1.82, 2.24) is 10.3 Å². The van der Waals surface area contributed by atoms with Crippen LogP contribution in [0.15, 0.2) is 49.4 Å². The van der Waals surface area contributed by atoms with E-state index in [1.165, 1.54) is 0 Å². The van der Waals surface area contributed by atoms with Gasteiger partial charge in [-0.1, -0.05) is 15.9 Å². The van der Waals surface area contributed by atoms with Crippen molar-refractivity contribution in [2.24, 2.45) is 4.99 Å². The predicted octanol–water partition coefficient (Wildman–Crippen LogP) is 3.68. The molecular weight excluding hydrogens is 414 g/mol. The maximum atomic E-state index is 12.3. The van der Waals surface area contributed by atoms with Crippen molar-refractivity contribution in [3.63, 3.8) is 0 Å². The minimum Gasteiger partial charge on any atom is -0.501 e. The Hall–Kier alpha value is -1.47. The van der Waals surface area contributed by atoms with E-state index in [-0.39, 0.29) is 5.91 Å². The van der Waals surface area contributed by atoms with Gasteiger partial charge in [-0.15, -0.1) is 0 Å². The molecule has 1 aliphatic carbocycles. The molecule has 0 saturated carbocycles. The lowest BCUT2D eigenvalue weighted by Gasteiger charge is -2.16. The van der Waals surface area contributed by atoms with Crippen molar-refractivity contribution < 1.29 is 9.53 Å². The molecule has 1 aliphatic heterocycles. The van der Waals surface area contributed by atoms with E-state index in [2.05, 4.69) is 47.2 Å². The first-order valence-corrected chi connectivity index (χ1v) is 8.32. The molecule has 1 aromatic rings. The monoisotopic (exact) mass is 425 g/mol. The molecule has 1 amide bonds. The summed E-state index contributed by atoms with van der Waals surface area (Å²) in [6, 6.07) is 3.34. The van der Waals surface area contributed by atoms with Gasteiger partial charge in [-0.3, -0.25) is 4.79 Å². The lowest BCUT2D eigenvalue weighted by Crippen LogP contribution is -2.29. The summed E-state index contributed by atoms with van der Waals surface area (Å²) in [4.78, 5) is 20.8. The average molecular weight is 427 g/mol. The number of ether oxygens (including phenoxy) is 1. The number of halogens is 2. The fourth-order valence-corrected chi connectivity index (χ4v) is 3.38. The van der Waals surface area contributed by atoms with Crippen LogP contribution in [-0.4, -0.2) is 23.8 Å². The Morgan fingerprint density at radius 3 is 2.91 bits per heavy atom. The van der Waals surface area contributed by atoms with Crippen LogP contribution < -0.4 is 5.32 Å². The SMILES string of the molecule is COC1=C2CC(NC(=O)c3ccnc(Br)c3)=NC2=C(Br)CC1. The van der Waals surface area contributed by atoms with E-state index in [9.17, 15) is 4.79 Å². The van der Waals surface area contributed by atoms with Gasteiger partial charge in [0.1, 0.15) is 16.2 Å². The fraction of sp³-hybridized carbons (Fsp3) is 0.267. The minimum atomic E-state index is -0.197. The second kappa shape index (κ2) is 6.34. The fourth-order valence-electron chi connectivity index (χ4n) is 2.49.